The molecule has 2 unspecified atom stereocenters. The molecule has 7 nitrogen and oxygen atoms in total. The lowest BCUT2D eigenvalue weighted by Gasteiger charge is -2.31. The van der Waals surface area contributed by atoms with Crippen LogP contribution < -0.4 is 10.6 Å². The summed E-state index contributed by atoms with van der Waals surface area (Å²) in [6, 6.07) is 0.211. The molecule has 0 bridgehead atoms. The van der Waals surface area contributed by atoms with Crippen LogP contribution in [0.25, 0.3) is 0 Å². The number of rotatable bonds is 4. The summed E-state index contributed by atoms with van der Waals surface area (Å²) in [5.41, 5.74) is 0. The molecule has 1 aliphatic carbocycles. The molecular weight excluding hydrogens is 282 g/mol. The van der Waals surface area contributed by atoms with Crippen molar-refractivity contribution >= 4 is 17.8 Å². The van der Waals surface area contributed by atoms with Gasteiger partial charge in [0.05, 0.1) is 6.54 Å². The molecule has 22 heavy (non-hydrogen) atoms. The van der Waals surface area contributed by atoms with E-state index in [1.807, 2.05) is 0 Å². The van der Waals surface area contributed by atoms with Crippen LogP contribution in [0.15, 0.2) is 4.99 Å². The van der Waals surface area contributed by atoms with Gasteiger partial charge in [0.15, 0.2) is 5.96 Å². The Kier molecular flexibility index (Phi) is 7.14. The van der Waals surface area contributed by atoms with Crippen molar-refractivity contribution in [3.8, 4) is 0 Å². The average Bonchev–Trinajstić information content (AvgIpc) is 2.50. The molecule has 1 rings (SSSR count). The Bertz CT molecular complexity index is 420. The Hall–Kier alpha value is -1.79. The van der Waals surface area contributed by atoms with Gasteiger partial charge in [0, 0.05) is 47.2 Å². The maximum atomic E-state index is 12.1. The molecule has 1 saturated carbocycles. The van der Waals surface area contributed by atoms with E-state index >= 15 is 0 Å². The topological polar surface area (TPSA) is 77.0 Å². The lowest BCUT2D eigenvalue weighted by molar-refractivity contribution is -0.134. The van der Waals surface area contributed by atoms with Crippen molar-refractivity contribution < 1.29 is 9.59 Å². The van der Waals surface area contributed by atoms with E-state index in [1.54, 1.807) is 40.1 Å². The van der Waals surface area contributed by atoms with E-state index < -0.39 is 0 Å². The van der Waals surface area contributed by atoms with Crippen LogP contribution in [0.2, 0.25) is 0 Å². The summed E-state index contributed by atoms with van der Waals surface area (Å²) in [7, 11) is 8.72. The van der Waals surface area contributed by atoms with Gasteiger partial charge in [0.25, 0.3) is 0 Å². The summed E-state index contributed by atoms with van der Waals surface area (Å²) < 4.78 is 0. The summed E-state index contributed by atoms with van der Waals surface area (Å²) in [6.45, 7) is 0.208. The summed E-state index contributed by atoms with van der Waals surface area (Å²) in [5.74, 6) is 0.866. The number of carbonyl (C=O) groups excluding carboxylic acids is 2. The number of amides is 2. The van der Waals surface area contributed by atoms with Crippen LogP contribution in [-0.4, -0.2) is 75.4 Å². The standard InChI is InChI=1S/C15H29N5O2/c1-16-15(17-10-13(21)19(2)3)18-12-8-6-7-11(9-12)14(22)20(4)5/h11-12H,6-10H2,1-5H3,(H2,16,17,18). The molecule has 126 valence electrons. The molecule has 0 spiro atoms. The molecule has 0 heterocycles. The Balaban J connectivity index is 2.50. The van der Waals surface area contributed by atoms with E-state index in [-0.39, 0.29) is 30.3 Å². The molecule has 0 aromatic heterocycles. The maximum Gasteiger partial charge on any atom is 0.241 e. The van der Waals surface area contributed by atoms with Gasteiger partial charge in [-0.25, -0.2) is 0 Å². The second kappa shape index (κ2) is 8.60. The molecule has 0 aliphatic heterocycles. The summed E-state index contributed by atoms with van der Waals surface area (Å²) in [5, 5.41) is 6.34. The normalized spacial score (nSPS) is 22.0. The minimum Gasteiger partial charge on any atom is -0.354 e. The number of likely N-dealkylation sites (N-methyl/N-ethyl adjacent to an activating group) is 1. The van der Waals surface area contributed by atoms with Gasteiger partial charge in [-0.1, -0.05) is 6.42 Å². The zero-order valence-electron chi connectivity index (χ0n) is 14.3. The molecule has 1 fully saturated rings. The molecular formula is C15H29N5O2. The molecule has 1 aliphatic rings. The summed E-state index contributed by atoms with van der Waals surface area (Å²) >= 11 is 0. The van der Waals surface area contributed by atoms with E-state index in [1.165, 1.54) is 4.90 Å². The largest absolute Gasteiger partial charge is 0.354 e. The van der Waals surface area contributed by atoms with Crippen molar-refractivity contribution in [3.05, 3.63) is 0 Å². The molecule has 2 amide bonds. The molecule has 0 saturated heterocycles. The quantitative estimate of drug-likeness (QED) is 0.561. The minimum absolute atomic E-state index is 0.00717. The Labute approximate surface area is 133 Å². The van der Waals surface area contributed by atoms with Crippen LogP contribution in [0.1, 0.15) is 25.7 Å². The lowest BCUT2D eigenvalue weighted by Crippen LogP contribution is -2.48. The third-order valence-electron chi connectivity index (χ3n) is 3.93. The third-order valence-corrected chi connectivity index (χ3v) is 3.93. The van der Waals surface area contributed by atoms with Crippen molar-refractivity contribution in [2.45, 2.75) is 31.7 Å². The molecule has 2 N–H and O–H groups in total. The van der Waals surface area contributed by atoms with Crippen LogP contribution in [0.3, 0.4) is 0 Å². The van der Waals surface area contributed by atoms with Crippen molar-refractivity contribution in [1.29, 1.82) is 0 Å². The minimum atomic E-state index is -0.00717. The molecule has 0 radical (unpaired) electrons. The second-order valence-electron chi connectivity index (χ2n) is 6.15. The maximum absolute atomic E-state index is 12.1. The van der Waals surface area contributed by atoms with E-state index in [4.69, 9.17) is 0 Å². The smallest absolute Gasteiger partial charge is 0.241 e. The van der Waals surface area contributed by atoms with Gasteiger partial charge in [0.1, 0.15) is 0 Å². The van der Waals surface area contributed by atoms with Crippen LogP contribution >= 0.6 is 0 Å². The first kappa shape index (κ1) is 18.3. The van der Waals surface area contributed by atoms with Crippen LogP contribution in [0, 0.1) is 5.92 Å². The zero-order chi connectivity index (χ0) is 16.7. The van der Waals surface area contributed by atoms with Crippen molar-refractivity contribution in [1.82, 2.24) is 20.4 Å². The molecule has 0 aromatic rings. The molecule has 0 aromatic carbocycles. The van der Waals surface area contributed by atoms with E-state index in [9.17, 15) is 9.59 Å². The van der Waals surface area contributed by atoms with Crippen molar-refractivity contribution in [2.75, 3.05) is 41.8 Å². The SMILES string of the molecule is CN=C(NCC(=O)N(C)C)NC1CCCC(C(=O)N(C)C)C1. The van der Waals surface area contributed by atoms with Crippen LogP contribution in [0.4, 0.5) is 0 Å². The summed E-state index contributed by atoms with van der Waals surface area (Å²) in [4.78, 5) is 31.0. The number of hydrogen-bond acceptors (Lipinski definition) is 3. The van der Waals surface area contributed by atoms with E-state index in [0.717, 1.165) is 25.7 Å². The van der Waals surface area contributed by atoms with E-state index in [2.05, 4.69) is 15.6 Å². The van der Waals surface area contributed by atoms with Gasteiger partial charge < -0.3 is 20.4 Å². The fourth-order valence-corrected chi connectivity index (χ4v) is 2.62. The number of nitrogens with one attached hydrogen (secondary N) is 2. The first-order chi connectivity index (χ1) is 10.3. The predicted molar refractivity (Wildman–Crippen MR) is 87.6 cm³/mol. The number of nitrogens with zero attached hydrogens (tertiary/aromatic N) is 3. The highest BCUT2D eigenvalue weighted by atomic mass is 16.2. The van der Waals surface area contributed by atoms with Crippen molar-refractivity contribution in [2.24, 2.45) is 10.9 Å². The number of hydrogen-bond donors (Lipinski definition) is 2. The van der Waals surface area contributed by atoms with E-state index in [0.29, 0.717) is 5.96 Å². The van der Waals surface area contributed by atoms with Gasteiger partial charge in [-0.3, -0.25) is 14.6 Å². The first-order valence-electron chi connectivity index (χ1n) is 7.73. The highest BCUT2D eigenvalue weighted by Gasteiger charge is 2.28. The number of guanidine groups is 1. The van der Waals surface area contributed by atoms with Crippen LogP contribution in [-0.2, 0) is 9.59 Å². The second-order valence-corrected chi connectivity index (χ2v) is 6.15. The first-order valence-corrected chi connectivity index (χ1v) is 7.73. The number of carbonyl (C=O) groups is 2. The van der Waals surface area contributed by atoms with Gasteiger partial charge in [-0.05, 0) is 19.3 Å². The fourth-order valence-electron chi connectivity index (χ4n) is 2.62. The highest BCUT2D eigenvalue weighted by Crippen LogP contribution is 2.25. The third kappa shape index (κ3) is 5.54. The van der Waals surface area contributed by atoms with Gasteiger partial charge in [0.2, 0.25) is 11.8 Å². The Morgan fingerprint density at radius 2 is 1.82 bits per heavy atom. The Morgan fingerprint density at radius 1 is 1.14 bits per heavy atom. The molecule has 7 heteroatoms. The van der Waals surface area contributed by atoms with Gasteiger partial charge in [-0.2, -0.15) is 0 Å². The number of aliphatic imine (C=N–C) groups is 1. The summed E-state index contributed by atoms with van der Waals surface area (Å²) in [6.07, 6.45) is 3.79. The average molecular weight is 311 g/mol. The van der Waals surface area contributed by atoms with Crippen LogP contribution in [0.5, 0.6) is 0 Å². The monoisotopic (exact) mass is 311 g/mol. The fraction of sp³-hybridized carbons (Fsp3) is 0.800. The Morgan fingerprint density at radius 3 is 2.36 bits per heavy atom. The zero-order valence-corrected chi connectivity index (χ0v) is 14.3. The van der Waals surface area contributed by atoms with Gasteiger partial charge >= 0.3 is 0 Å². The van der Waals surface area contributed by atoms with Gasteiger partial charge in [-0.15, -0.1) is 0 Å². The lowest BCUT2D eigenvalue weighted by atomic mass is 9.85. The predicted octanol–water partition coefficient (Wildman–Crippen LogP) is -0.113. The van der Waals surface area contributed by atoms with Crippen molar-refractivity contribution in [3.63, 3.8) is 0 Å². The highest BCUT2D eigenvalue weighted by molar-refractivity contribution is 5.86. The molecule has 2 atom stereocenters.